The number of ether oxygens (including phenoxy) is 1. The van der Waals surface area contributed by atoms with Crippen LogP contribution in [0.2, 0.25) is 0 Å². The van der Waals surface area contributed by atoms with Gasteiger partial charge in [0.25, 0.3) is 0 Å². The number of sulfonamides is 1. The van der Waals surface area contributed by atoms with Crippen molar-refractivity contribution in [3.05, 3.63) is 29.3 Å². The fraction of sp³-hybridized carbons (Fsp3) is 0.333. The van der Waals surface area contributed by atoms with Crippen LogP contribution in [0.3, 0.4) is 0 Å². The van der Waals surface area contributed by atoms with Crippen molar-refractivity contribution in [2.24, 2.45) is 0 Å². The van der Waals surface area contributed by atoms with Crippen LogP contribution in [0.1, 0.15) is 22.3 Å². The molecule has 1 aromatic carbocycles. The Hall–Kier alpha value is -1.93. The van der Waals surface area contributed by atoms with Crippen molar-refractivity contribution < 1.29 is 27.9 Å². The van der Waals surface area contributed by atoms with E-state index in [0.717, 1.165) is 0 Å². The van der Waals surface area contributed by atoms with E-state index in [1.54, 1.807) is 6.92 Å². The number of benzene rings is 1. The number of methoxy groups -OCH3 is 1. The number of esters is 1. The maximum atomic E-state index is 11.9. The number of aryl methyl sites for hydroxylation is 1. The zero-order chi connectivity index (χ0) is 15.3. The molecular formula is C12H15NO6S. The molecule has 0 unspecified atom stereocenters. The predicted molar refractivity (Wildman–Crippen MR) is 70.0 cm³/mol. The number of carboxylic acid groups (broad SMARTS) is 1. The summed E-state index contributed by atoms with van der Waals surface area (Å²) in [5, 5.41) is 8.47. The van der Waals surface area contributed by atoms with Gasteiger partial charge in [0.15, 0.2) is 0 Å². The predicted octanol–water partition coefficient (Wildman–Crippen LogP) is 0.535. The highest BCUT2D eigenvalue weighted by Crippen LogP contribution is 2.16. The molecule has 0 saturated carbocycles. The largest absolute Gasteiger partial charge is 0.481 e. The van der Waals surface area contributed by atoms with E-state index < -0.39 is 22.0 Å². The average Bonchev–Trinajstić information content (AvgIpc) is 2.37. The topological polar surface area (TPSA) is 110 Å². The van der Waals surface area contributed by atoms with Crippen molar-refractivity contribution in [2.75, 3.05) is 13.7 Å². The summed E-state index contributed by atoms with van der Waals surface area (Å²) in [6.07, 6.45) is -0.324. The average molecular weight is 301 g/mol. The number of rotatable bonds is 6. The third kappa shape index (κ3) is 4.04. The Morgan fingerprint density at radius 2 is 2.00 bits per heavy atom. The maximum absolute atomic E-state index is 11.9. The van der Waals surface area contributed by atoms with Gasteiger partial charge in [-0.05, 0) is 24.6 Å². The first-order valence-corrected chi connectivity index (χ1v) is 7.16. The molecule has 0 aliphatic rings. The third-order valence-electron chi connectivity index (χ3n) is 2.56. The molecule has 110 valence electrons. The SMILES string of the molecule is COC(=O)c1cc(S(=O)(=O)NCCC(=O)O)ccc1C. The van der Waals surface area contributed by atoms with Gasteiger partial charge in [0.2, 0.25) is 10.0 Å². The monoisotopic (exact) mass is 301 g/mol. The van der Waals surface area contributed by atoms with Crippen LogP contribution in [0.4, 0.5) is 0 Å². The van der Waals surface area contributed by atoms with Crippen LogP contribution < -0.4 is 4.72 Å². The number of carboxylic acids is 1. The van der Waals surface area contributed by atoms with Crippen LogP contribution in [-0.4, -0.2) is 39.1 Å². The number of hydrogen-bond acceptors (Lipinski definition) is 5. The molecule has 0 aromatic heterocycles. The maximum Gasteiger partial charge on any atom is 0.338 e. The van der Waals surface area contributed by atoms with E-state index in [1.807, 2.05) is 0 Å². The standard InChI is InChI=1S/C12H15NO6S/c1-8-3-4-9(7-10(8)12(16)19-2)20(17,18)13-6-5-11(14)15/h3-4,7,13H,5-6H2,1-2H3,(H,14,15). The Kier molecular flexibility index (Phi) is 5.23. The van der Waals surface area contributed by atoms with Crippen molar-refractivity contribution in [2.45, 2.75) is 18.2 Å². The smallest absolute Gasteiger partial charge is 0.338 e. The Labute approximate surface area is 116 Å². The lowest BCUT2D eigenvalue weighted by molar-refractivity contribution is -0.136. The summed E-state index contributed by atoms with van der Waals surface area (Å²) in [7, 11) is -2.66. The molecule has 0 amide bonds. The molecule has 1 aromatic rings. The van der Waals surface area contributed by atoms with Crippen LogP contribution in [0.5, 0.6) is 0 Å². The first kappa shape index (κ1) is 16.1. The van der Waals surface area contributed by atoms with Crippen molar-refractivity contribution in [1.82, 2.24) is 4.72 Å². The Morgan fingerprint density at radius 1 is 1.35 bits per heavy atom. The molecule has 0 fully saturated rings. The summed E-state index contributed by atoms with van der Waals surface area (Å²) in [6.45, 7) is 1.43. The summed E-state index contributed by atoms with van der Waals surface area (Å²) in [6, 6.07) is 4.02. The van der Waals surface area contributed by atoms with Gasteiger partial charge in [0, 0.05) is 6.54 Å². The fourth-order valence-electron chi connectivity index (χ4n) is 1.47. The highest BCUT2D eigenvalue weighted by Gasteiger charge is 2.18. The van der Waals surface area contributed by atoms with E-state index in [9.17, 15) is 18.0 Å². The van der Waals surface area contributed by atoms with Gasteiger partial charge < -0.3 is 9.84 Å². The summed E-state index contributed by atoms with van der Waals surface area (Å²) < 4.78 is 30.6. The summed E-state index contributed by atoms with van der Waals surface area (Å²) in [5.41, 5.74) is 0.731. The van der Waals surface area contributed by atoms with Gasteiger partial charge in [0.1, 0.15) is 0 Å². The molecule has 2 N–H and O–H groups in total. The molecule has 0 aliphatic carbocycles. The Morgan fingerprint density at radius 3 is 2.55 bits per heavy atom. The molecule has 0 saturated heterocycles. The third-order valence-corrected chi connectivity index (χ3v) is 4.01. The lowest BCUT2D eigenvalue weighted by Crippen LogP contribution is -2.26. The highest BCUT2D eigenvalue weighted by molar-refractivity contribution is 7.89. The Balaban J connectivity index is 3.01. The van der Waals surface area contributed by atoms with Gasteiger partial charge in [-0.25, -0.2) is 17.9 Å². The normalized spacial score (nSPS) is 11.1. The number of carbonyl (C=O) groups is 2. The van der Waals surface area contributed by atoms with Crippen LogP contribution >= 0.6 is 0 Å². The minimum atomic E-state index is -3.86. The quantitative estimate of drug-likeness (QED) is 0.742. The second kappa shape index (κ2) is 6.49. The fourth-order valence-corrected chi connectivity index (χ4v) is 2.53. The van der Waals surface area contributed by atoms with Gasteiger partial charge in [0.05, 0.1) is 24.0 Å². The second-order valence-electron chi connectivity index (χ2n) is 4.01. The van der Waals surface area contributed by atoms with Gasteiger partial charge in [-0.3, -0.25) is 4.79 Å². The van der Waals surface area contributed by atoms with Crippen molar-refractivity contribution in [1.29, 1.82) is 0 Å². The van der Waals surface area contributed by atoms with Crippen molar-refractivity contribution in [3.8, 4) is 0 Å². The van der Waals surface area contributed by atoms with E-state index >= 15 is 0 Å². The first-order valence-electron chi connectivity index (χ1n) is 5.68. The molecule has 0 heterocycles. The first-order chi connectivity index (χ1) is 9.27. The zero-order valence-corrected chi connectivity index (χ0v) is 11.9. The van der Waals surface area contributed by atoms with Gasteiger partial charge in [-0.2, -0.15) is 0 Å². The van der Waals surface area contributed by atoms with Crippen LogP contribution in [0, 0.1) is 6.92 Å². The molecule has 8 heteroatoms. The van der Waals surface area contributed by atoms with Gasteiger partial charge in [-0.15, -0.1) is 0 Å². The number of nitrogens with one attached hydrogen (secondary N) is 1. The van der Waals surface area contributed by atoms with Crippen molar-refractivity contribution >= 4 is 22.0 Å². The zero-order valence-electron chi connectivity index (χ0n) is 11.0. The molecule has 20 heavy (non-hydrogen) atoms. The minimum absolute atomic E-state index is 0.117. The van der Waals surface area contributed by atoms with Gasteiger partial charge >= 0.3 is 11.9 Å². The van der Waals surface area contributed by atoms with E-state index in [1.165, 1.54) is 25.3 Å². The van der Waals surface area contributed by atoms with Crippen LogP contribution in [-0.2, 0) is 19.6 Å². The van der Waals surface area contributed by atoms with E-state index in [-0.39, 0.29) is 23.4 Å². The van der Waals surface area contributed by atoms with E-state index in [2.05, 4.69) is 9.46 Å². The van der Waals surface area contributed by atoms with Crippen LogP contribution in [0.25, 0.3) is 0 Å². The molecule has 0 radical (unpaired) electrons. The lowest BCUT2D eigenvalue weighted by atomic mass is 10.1. The minimum Gasteiger partial charge on any atom is -0.481 e. The summed E-state index contributed by atoms with van der Waals surface area (Å²) in [5.74, 6) is -1.74. The van der Waals surface area contributed by atoms with Crippen LogP contribution in [0.15, 0.2) is 23.1 Å². The number of carbonyl (C=O) groups excluding carboxylic acids is 1. The summed E-state index contributed by atoms with van der Waals surface area (Å²) >= 11 is 0. The number of aliphatic carboxylic acids is 1. The molecule has 0 atom stereocenters. The highest BCUT2D eigenvalue weighted by atomic mass is 32.2. The Bertz CT molecular complexity index is 623. The molecule has 7 nitrogen and oxygen atoms in total. The van der Waals surface area contributed by atoms with Gasteiger partial charge in [-0.1, -0.05) is 6.07 Å². The van der Waals surface area contributed by atoms with E-state index in [4.69, 9.17) is 5.11 Å². The molecular weight excluding hydrogens is 286 g/mol. The van der Waals surface area contributed by atoms with E-state index in [0.29, 0.717) is 5.56 Å². The summed E-state index contributed by atoms with van der Waals surface area (Å²) in [4.78, 5) is 21.7. The second-order valence-corrected chi connectivity index (χ2v) is 5.78. The molecule has 1 rings (SSSR count). The molecule has 0 bridgehead atoms. The molecule has 0 aliphatic heterocycles. The van der Waals surface area contributed by atoms with Crippen molar-refractivity contribution in [3.63, 3.8) is 0 Å². The number of hydrogen-bond donors (Lipinski definition) is 2. The lowest BCUT2D eigenvalue weighted by Gasteiger charge is -2.09. The molecule has 0 spiro atoms.